The van der Waals surface area contributed by atoms with Crippen LogP contribution in [0.15, 0.2) is 42.5 Å². The third-order valence-corrected chi connectivity index (χ3v) is 5.57. The summed E-state index contributed by atoms with van der Waals surface area (Å²) in [6.07, 6.45) is 0. The van der Waals surface area contributed by atoms with Crippen LogP contribution in [0.5, 0.6) is 17.2 Å². The van der Waals surface area contributed by atoms with Gasteiger partial charge in [-0.05, 0) is 42.3 Å². The Balaban J connectivity index is 1.92. The van der Waals surface area contributed by atoms with Crippen molar-refractivity contribution in [3.05, 3.63) is 76.6 Å². The topological polar surface area (TPSA) is 48.0 Å². The molecule has 1 atom stereocenters. The van der Waals surface area contributed by atoms with E-state index in [0.29, 0.717) is 46.1 Å². The minimum absolute atomic E-state index is 0.404. The van der Waals surface area contributed by atoms with Crippen molar-refractivity contribution in [2.75, 3.05) is 26.2 Å². The summed E-state index contributed by atoms with van der Waals surface area (Å²) in [5, 5.41) is 0. The first kappa shape index (κ1) is 21.5. The van der Waals surface area contributed by atoms with Gasteiger partial charge >= 0.3 is 5.97 Å². The standard InChI is InChI=1S/C24H20F3NO4/c1-12-5-10-18(31-4)20-19(24(29)32-23-16(26)9-8-15(25)21(23)27)14-7-6-13(30-3)11-17(14)28(2)22(12)20/h5-11,19H,1-4H3. The molecular formula is C24H20F3NO4. The third-order valence-electron chi connectivity index (χ3n) is 5.57. The average Bonchev–Trinajstić information content (AvgIpc) is 2.79. The minimum Gasteiger partial charge on any atom is -0.497 e. The smallest absolute Gasteiger partial charge is 0.323 e. The van der Waals surface area contributed by atoms with Gasteiger partial charge in [0.2, 0.25) is 11.6 Å². The highest BCUT2D eigenvalue weighted by molar-refractivity contribution is 5.94. The molecule has 1 heterocycles. The van der Waals surface area contributed by atoms with Crippen molar-refractivity contribution in [1.29, 1.82) is 0 Å². The van der Waals surface area contributed by atoms with Crippen LogP contribution in [0.2, 0.25) is 0 Å². The van der Waals surface area contributed by atoms with Gasteiger partial charge in [-0.1, -0.05) is 12.1 Å². The number of hydrogen-bond acceptors (Lipinski definition) is 5. The number of esters is 1. The Labute approximate surface area is 182 Å². The van der Waals surface area contributed by atoms with Crippen LogP contribution < -0.4 is 19.1 Å². The largest absolute Gasteiger partial charge is 0.497 e. The first-order chi connectivity index (χ1) is 15.3. The monoisotopic (exact) mass is 443 g/mol. The quantitative estimate of drug-likeness (QED) is 0.313. The van der Waals surface area contributed by atoms with E-state index < -0.39 is 35.1 Å². The van der Waals surface area contributed by atoms with Crippen molar-refractivity contribution < 1.29 is 32.2 Å². The lowest BCUT2D eigenvalue weighted by molar-refractivity contribution is -0.135. The molecule has 0 bridgehead atoms. The van der Waals surface area contributed by atoms with Crippen LogP contribution in [0.3, 0.4) is 0 Å². The molecule has 0 aromatic heterocycles. The van der Waals surface area contributed by atoms with Crippen LogP contribution in [0.25, 0.3) is 0 Å². The van der Waals surface area contributed by atoms with Gasteiger partial charge in [-0.3, -0.25) is 4.79 Å². The Morgan fingerprint density at radius 3 is 2.38 bits per heavy atom. The molecule has 32 heavy (non-hydrogen) atoms. The summed E-state index contributed by atoms with van der Waals surface area (Å²) in [4.78, 5) is 15.3. The summed E-state index contributed by atoms with van der Waals surface area (Å²) >= 11 is 0. The number of anilines is 2. The molecule has 1 aliphatic heterocycles. The van der Waals surface area contributed by atoms with E-state index in [0.717, 1.165) is 5.56 Å². The Morgan fingerprint density at radius 1 is 0.969 bits per heavy atom. The molecule has 0 saturated carbocycles. The molecule has 166 valence electrons. The number of carbonyl (C=O) groups excluding carboxylic acids is 1. The summed E-state index contributed by atoms with van der Waals surface area (Å²) in [5.74, 6) is -6.25. The molecule has 4 rings (SSSR count). The van der Waals surface area contributed by atoms with Crippen molar-refractivity contribution in [2.24, 2.45) is 0 Å². The number of nitrogens with zero attached hydrogens (tertiary/aromatic N) is 1. The number of fused-ring (bicyclic) bond motifs is 2. The van der Waals surface area contributed by atoms with Crippen molar-refractivity contribution in [3.8, 4) is 17.2 Å². The molecule has 0 fully saturated rings. The number of aryl methyl sites for hydroxylation is 1. The van der Waals surface area contributed by atoms with E-state index in [1.807, 2.05) is 24.9 Å². The van der Waals surface area contributed by atoms with Crippen LogP contribution in [0, 0.1) is 24.4 Å². The number of ether oxygens (including phenoxy) is 3. The first-order valence-corrected chi connectivity index (χ1v) is 9.72. The highest BCUT2D eigenvalue weighted by Crippen LogP contribution is 2.51. The van der Waals surface area contributed by atoms with Crippen LogP contribution in [0.1, 0.15) is 22.6 Å². The van der Waals surface area contributed by atoms with Crippen LogP contribution >= 0.6 is 0 Å². The molecule has 0 amide bonds. The molecule has 3 aromatic carbocycles. The van der Waals surface area contributed by atoms with E-state index in [-0.39, 0.29) is 0 Å². The molecule has 0 spiro atoms. The molecule has 0 N–H and O–H groups in total. The van der Waals surface area contributed by atoms with Crippen LogP contribution in [-0.4, -0.2) is 27.2 Å². The zero-order valence-corrected chi connectivity index (χ0v) is 17.8. The van der Waals surface area contributed by atoms with Gasteiger partial charge in [-0.25, -0.2) is 8.78 Å². The van der Waals surface area contributed by atoms with Gasteiger partial charge in [0.15, 0.2) is 11.6 Å². The lowest BCUT2D eigenvalue weighted by atomic mass is 9.83. The van der Waals surface area contributed by atoms with Crippen LogP contribution in [0.4, 0.5) is 24.5 Å². The number of carbonyl (C=O) groups is 1. The fraction of sp³-hybridized carbons (Fsp3) is 0.208. The van der Waals surface area contributed by atoms with E-state index in [1.165, 1.54) is 14.2 Å². The average molecular weight is 443 g/mol. The first-order valence-electron chi connectivity index (χ1n) is 9.72. The Kier molecular flexibility index (Phi) is 5.46. The second-order valence-corrected chi connectivity index (χ2v) is 7.36. The van der Waals surface area contributed by atoms with Gasteiger partial charge in [0.25, 0.3) is 0 Å². The maximum atomic E-state index is 14.2. The van der Waals surface area contributed by atoms with Gasteiger partial charge in [0, 0.05) is 24.4 Å². The van der Waals surface area contributed by atoms with E-state index in [4.69, 9.17) is 14.2 Å². The van der Waals surface area contributed by atoms with Gasteiger partial charge < -0.3 is 19.1 Å². The molecule has 0 aliphatic carbocycles. The van der Waals surface area contributed by atoms with Crippen molar-refractivity contribution in [3.63, 3.8) is 0 Å². The van der Waals surface area contributed by atoms with Gasteiger partial charge in [0.05, 0.1) is 19.9 Å². The molecule has 1 unspecified atom stereocenters. The van der Waals surface area contributed by atoms with Crippen molar-refractivity contribution in [2.45, 2.75) is 12.8 Å². The second kappa shape index (κ2) is 8.11. The number of methoxy groups -OCH3 is 2. The fourth-order valence-corrected chi connectivity index (χ4v) is 4.07. The lowest BCUT2D eigenvalue weighted by Gasteiger charge is -2.36. The Hall–Kier alpha value is -3.68. The molecular weight excluding hydrogens is 423 g/mol. The van der Waals surface area contributed by atoms with E-state index in [9.17, 15) is 18.0 Å². The van der Waals surface area contributed by atoms with Crippen molar-refractivity contribution >= 4 is 17.3 Å². The second-order valence-electron chi connectivity index (χ2n) is 7.36. The molecule has 0 radical (unpaired) electrons. The summed E-state index contributed by atoms with van der Waals surface area (Å²) in [6.45, 7) is 1.87. The highest BCUT2D eigenvalue weighted by atomic mass is 19.2. The van der Waals surface area contributed by atoms with Gasteiger partial charge in [-0.15, -0.1) is 0 Å². The Bertz CT molecular complexity index is 1230. The summed E-state index contributed by atoms with van der Waals surface area (Å²) in [7, 11) is 4.81. The molecule has 5 nitrogen and oxygen atoms in total. The van der Waals surface area contributed by atoms with Crippen molar-refractivity contribution in [1.82, 2.24) is 0 Å². The van der Waals surface area contributed by atoms with E-state index in [1.54, 1.807) is 24.3 Å². The summed E-state index contributed by atoms with van der Waals surface area (Å²) in [6, 6.07) is 9.98. The zero-order chi connectivity index (χ0) is 23.2. The predicted octanol–water partition coefficient (Wildman–Crippen LogP) is 5.25. The number of benzene rings is 3. The zero-order valence-electron chi connectivity index (χ0n) is 17.8. The minimum atomic E-state index is -1.57. The van der Waals surface area contributed by atoms with E-state index in [2.05, 4.69) is 0 Å². The highest BCUT2D eigenvalue weighted by Gasteiger charge is 2.39. The summed E-state index contributed by atoms with van der Waals surface area (Å²) in [5.41, 5.74) is 3.18. The van der Waals surface area contributed by atoms with Gasteiger partial charge in [-0.2, -0.15) is 4.39 Å². The molecule has 3 aromatic rings. The van der Waals surface area contributed by atoms with Gasteiger partial charge in [0.1, 0.15) is 17.4 Å². The Morgan fingerprint density at radius 2 is 1.69 bits per heavy atom. The van der Waals surface area contributed by atoms with Crippen LogP contribution in [-0.2, 0) is 4.79 Å². The summed E-state index contributed by atoms with van der Waals surface area (Å²) < 4.78 is 58.0. The van der Waals surface area contributed by atoms with E-state index >= 15 is 0 Å². The number of rotatable bonds is 4. The molecule has 1 aliphatic rings. The maximum Gasteiger partial charge on any atom is 0.323 e. The predicted molar refractivity (Wildman–Crippen MR) is 113 cm³/mol. The molecule has 0 saturated heterocycles. The molecule has 8 heteroatoms. The number of halogens is 3. The lowest BCUT2D eigenvalue weighted by Crippen LogP contribution is -2.30. The SMILES string of the molecule is COc1ccc2c(c1)N(C)c1c(C)ccc(OC)c1C2C(=O)Oc1c(F)ccc(F)c1F. The normalized spacial score (nSPS) is 14.5. The number of hydrogen-bond donors (Lipinski definition) is 0. The maximum absolute atomic E-state index is 14.2. The fourth-order valence-electron chi connectivity index (χ4n) is 4.07. The third kappa shape index (κ3) is 3.32.